The van der Waals surface area contributed by atoms with Crippen LogP contribution in [0.4, 0.5) is 5.69 Å². The molecule has 1 aliphatic heterocycles. The number of carbonyl (C=O) groups is 4. The Kier molecular flexibility index (Phi) is 11.7. The van der Waals surface area contributed by atoms with Crippen LogP contribution in [0.25, 0.3) is 0 Å². The molecule has 6 nitrogen and oxygen atoms in total. The third kappa shape index (κ3) is 7.58. The van der Waals surface area contributed by atoms with Crippen LogP contribution in [0.3, 0.4) is 0 Å². The van der Waals surface area contributed by atoms with E-state index in [0.717, 1.165) is 42.4 Å². The molecule has 1 atom stereocenters. The van der Waals surface area contributed by atoms with E-state index in [4.69, 9.17) is 4.74 Å². The van der Waals surface area contributed by atoms with E-state index in [0.29, 0.717) is 28.3 Å². The number of rotatable bonds is 12. The van der Waals surface area contributed by atoms with E-state index in [1.54, 1.807) is 42.5 Å². The summed E-state index contributed by atoms with van der Waals surface area (Å²) in [5.41, 5.74) is 2.16. The molecule has 73 heavy (non-hydrogen) atoms. The molecule has 2 aliphatic rings. The van der Waals surface area contributed by atoms with Gasteiger partial charge in [-0.2, -0.15) is 0 Å². The third-order valence-corrected chi connectivity index (χ3v) is 22.6. The minimum atomic E-state index is -2.53. The van der Waals surface area contributed by atoms with Crippen LogP contribution in [0.15, 0.2) is 267 Å². The van der Waals surface area contributed by atoms with Gasteiger partial charge in [0.2, 0.25) is 0 Å². The first-order valence-electron chi connectivity index (χ1n) is 24.1. The number of fused-ring (bicyclic) bond motifs is 2. The Bertz CT molecular complexity index is 3300. The molecular formula is C65H45NO5P2+2. The first-order chi connectivity index (χ1) is 35.9. The van der Waals surface area contributed by atoms with Crippen molar-refractivity contribution in [2.45, 2.75) is 5.92 Å². The van der Waals surface area contributed by atoms with E-state index in [2.05, 4.69) is 164 Å². The zero-order valence-corrected chi connectivity index (χ0v) is 41.2. The molecule has 10 aromatic rings. The highest BCUT2D eigenvalue weighted by Gasteiger charge is 2.50. The van der Waals surface area contributed by atoms with E-state index in [9.17, 15) is 19.2 Å². The molecule has 0 aromatic heterocycles. The highest BCUT2D eigenvalue weighted by atomic mass is 31.2. The van der Waals surface area contributed by atoms with Gasteiger partial charge in [0, 0.05) is 17.2 Å². The molecule has 0 N–H and O–H groups in total. The topological polar surface area (TPSA) is 80.8 Å². The summed E-state index contributed by atoms with van der Waals surface area (Å²) < 4.78 is 6.36. The molecule has 1 aliphatic carbocycles. The van der Waals surface area contributed by atoms with E-state index in [1.165, 1.54) is 4.90 Å². The van der Waals surface area contributed by atoms with Crippen LogP contribution in [0.1, 0.15) is 52.9 Å². The second kappa shape index (κ2) is 18.8. The molecular weight excluding hydrogens is 937 g/mol. The van der Waals surface area contributed by atoms with Gasteiger partial charge in [0.15, 0.2) is 11.6 Å². The van der Waals surface area contributed by atoms with Crippen LogP contribution in [-0.2, 0) is 0 Å². The molecule has 0 bridgehead atoms. The van der Waals surface area contributed by atoms with Crippen molar-refractivity contribution in [2.75, 3.05) is 4.90 Å². The number of amides is 2. The van der Waals surface area contributed by atoms with Crippen molar-refractivity contribution >= 4 is 86.0 Å². The van der Waals surface area contributed by atoms with Gasteiger partial charge in [-0.15, -0.1) is 0 Å². The van der Waals surface area contributed by atoms with Crippen LogP contribution >= 0.6 is 14.5 Å². The van der Waals surface area contributed by atoms with Gasteiger partial charge < -0.3 is 4.74 Å². The summed E-state index contributed by atoms with van der Waals surface area (Å²) in [6, 6.07) is 88.3. The Labute approximate surface area is 424 Å². The van der Waals surface area contributed by atoms with Gasteiger partial charge in [0.1, 0.15) is 74.4 Å². The number of ketones is 2. The summed E-state index contributed by atoms with van der Waals surface area (Å²) in [6.07, 6.45) is 0. The average molecular weight is 982 g/mol. The molecule has 1 heterocycles. The number of Topliss-reactive ketones (excluding diaryl/α,β-unsaturated/α-hetero) is 2. The van der Waals surface area contributed by atoms with Crippen LogP contribution < -0.4 is 52.1 Å². The summed E-state index contributed by atoms with van der Waals surface area (Å²) in [4.78, 5) is 58.9. The molecule has 8 heteroatoms. The highest BCUT2D eigenvalue weighted by molar-refractivity contribution is 8.02. The number of carbonyl (C=O) groups excluding carboxylic acids is 4. The predicted molar refractivity (Wildman–Crippen MR) is 298 cm³/mol. The molecule has 0 saturated carbocycles. The minimum Gasteiger partial charge on any atom is -0.457 e. The fraction of sp³-hybridized carbons (Fsp3) is 0.0154. The van der Waals surface area contributed by atoms with Crippen LogP contribution in [0.5, 0.6) is 11.5 Å². The quantitative estimate of drug-likeness (QED) is 0.0692. The lowest BCUT2D eigenvalue weighted by molar-refractivity contribution is 0.0884. The van der Waals surface area contributed by atoms with Crippen molar-refractivity contribution in [3.63, 3.8) is 0 Å². The molecule has 0 saturated heterocycles. The summed E-state index contributed by atoms with van der Waals surface area (Å²) in [5, 5.41) is 8.94. The molecule has 12 rings (SSSR count). The second-order valence-corrected chi connectivity index (χ2v) is 24.9. The summed E-state index contributed by atoms with van der Waals surface area (Å²) >= 11 is 0. The number of ether oxygens (including phenoxy) is 1. The minimum absolute atomic E-state index is 0.205. The zero-order chi connectivity index (χ0) is 49.5. The van der Waals surface area contributed by atoms with E-state index >= 15 is 0 Å². The van der Waals surface area contributed by atoms with Crippen LogP contribution in [0.2, 0.25) is 0 Å². The average Bonchev–Trinajstić information content (AvgIpc) is 3.85. The number of hydrogen-bond acceptors (Lipinski definition) is 5. The van der Waals surface area contributed by atoms with Crippen molar-refractivity contribution in [2.24, 2.45) is 0 Å². The Morgan fingerprint density at radius 3 is 1.11 bits per heavy atom. The summed E-state index contributed by atoms with van der Waals surface area (Å²) in [6.45, 7) is 0. The zero-order valence-electron chi connectivity index (χ0n) is 39.4. The van der Waals surface area contributed by atoms with Crippen molar-refractivity contribution < 1.29 is 23.9 Å². The standard InChI is InChI=1S/C65H45NO5P2/c67-62-57-39-37-47(43-59(57)63(68)61(62)45-21-19-35-55(41-45)72(49-23-7-1-8-24-49,50-25-9-2-10-26-50)51-27-11-3-12-28-51)71-48-38-40-58-60(44-48)65(70)66(64(58)69)46-22-20-36-56(42-46)73(52-29-13-4-14-30-52,53-31-15-5-16-32-53)54-33-17-6-18-34-54/h1-44,61H/q+2. The number of benzene rings is 10. The first-order valence-corrected chi connectivity index (χ1v) is 27.7. The molecule has 1 unspecified atom stereocenters. The van der Waals surface area contributed by atoms with Gasteiger partial charge in [0.25, 0.3) is 11.8 Å². The van der Waals surface area contributed by atoms with Gasteiger partial charge >= 0.3 is 0 Å². The normalized spacial score (nSPS) is 14.2. The van der Waals surface area contributed by atoms with Gasteiger partial charge in [0.05, 0.1) is 16.8 Å². The monoisotopic (exact) mass is 981 g/mol. The fourth-order valence-electron chi connectivity index (χ4n) is 10.8. The van der Waals surface area contributed by atoms with Crippen LogP contribution in [0, 0.1) is 0 Å². The second-order valence-electron chi connectivity index (χ2n) is 18.1. The number of hydrogen-bond donors (Lipinski definition) is 0. The number of anilines is 1. The summed E-state index contributed by atoms with van der Waals surface area (Å²) in [5.74, 6) is -1.89. The Balaban J connectivity index is 0.849. The maximum Gasteiger partial charge on any atom is 0.266 e. The SMILES string of the molecule is O=C1c2ccc(Oc3ccc4c(c3)C(=O)N(c3cccc([P+](c5ccccc5)(c5ccccc5)c5ccccc5)c3)C4=O)cc2C(=O)C1c1cccc([P+](c2ccccc2)(c2ccccc2)c2ccccc2)c1. The lowest BCUT2D eigenvalue weighted by atomic mass is 9.94. The van der Waals surface area contributed by atoms with Crippen molar-refractivity contribution in [1.29, 1.82) is 0 Å². The lowest BCUT2D eigenvalue weighted by Gasteiger charge is -2.28. The van der Waals surface area contributed by atoms with Gasteiger partial charge in [-0.05, 0) is 139 Å². The molecule has 2 amide bonds. The Morgan fingerprint density at radius 2 is 0.658 bits per heavy atom. The summed E-state index contributed by atoms with van der Waals surface area (Å²) in [7, 11) is -5.03. The number of nitrogens with zero attached hydrogens (tertiary/aromatic N) is 1. The van der Waals surface area contributed by atoms with Crippen molar-refractivity contribution in [3.05, 3.63) is 295 Å². The fourth-order valence-corrected chi connectivity index (χ4v) is 19.4. The highest BCUT2D eigenvalue weighted by Crippen LogP contribution is 2.56. The predicted octanol–water partition coefficient (Wildman–Crippen LogP) is 10.7. The molecule has 348 valence electrons. The Hall–Kier alpha value is -8.66. The largest absolute Gasteiger partial charge is 0.457 e. The smallest absolute Gasteiger partial charge is 0.266 e. The van der Waals surface area contributed by atoms with Crippen molar-refractivity contribution in [3.8, 4) is 11.5 Å². The van der Waals surface area contributed by atoms with E-state index in [1.807, 2.05) is 60.7 Å². The maximum atomic E-state index is 14.6. The van der Waals surface area contributed by atoms with Gasteiger partial charge in [-0.25, -0.2) is 4.90 Å². The van der Waals surface area contributed by atoms with E-state index in [-0.39, 0.29) is 28.3 Å². The molecule has 0 spiro atoms. The maximum absolute atomic E-state index is 14.6. The lowest BCUT2D eigenvalue weighted by Crippen LogP contribution is -2.39. The van der Waals surface area contributed by atoms with Crippen molar-refractivity contribution in [1.82, 2.24) is 0 Å². The molecule has 10 aromatic carbocycles. The first kappa shape index (κ1) is 45.5. The molecule has 0 fully saturated rings. The van der Waals surface area contributed by atoms with Crippen LogP contribution in [-0.4, -0.2) is 23.4 Å². The van der Waals surface area contributed by atoms with E-state index < -0.39 is 32.3 Å². The molecule has 0 radical (unpaired) electrons. The third-order valence-electron chi connectivity index (χ3n) is 14.1. The van der Waals surface area contributed by atoms with Gasteiger partial charge in [-0.3, -0.25) is 19.2 Å². The van der Waals surface area contributed by atoms with Gasteiger partial charge in [-0.1, -0.05) is 127 Å². The number of imide groups is 1. The Morgan fingerprint density at radius 1 is 0.301 bits per heavy atom.